The molecule has 116 valence electrons. The zero-order valence-electron chi connectivity index (χ0n) is 12.2. The van der Waals surface area contributed by atoms with Crippen LogP contribution in [-0.4, -0.2) is 21.6 Å². The maximum atomic E-state index is 12.0. The van der Waals surface area contributed by atoms with E-state index in [1.807, 2.05) is 13.8 Å². The predicted molar refractivity (Wildman–Crippen MR) is 87.3 cm³/mol. The average Bonchev–Trinajstić information content (AvgIpc) is 2.88. The maximum Gasteiger partial charge on any atom is 0.387 e. The molecule has 2 rings (SSSR count). The predicted octanol–water partition coefficient (Wildman–Crippen LogP) is 2.03. The summed E-state index contributed by atoms with van der Waals surface area (Å²) in [6.45, 7) is 4.36. The van der Waals surface area contributed by atoms with Crippen molar-refractivity contribution in [3.63, 3.8) is 0 Å². The van der Waals surface area contributed by atoms with Crippen LogP contribution in [0.5, 0.6) is 0 Å². The number of aromatic nitrogens is 2. The van der Waals surface area contributed by atoms with Crippen LogP contribution in [0.3, 0.4) is 0 Å². The van der Waals surface area contributed by atoms with Gasteiger partial charge in [-0.05, 0) is 41.4 Å². The fourth-order valence-corrected chi connectivity index (χ4v) is 2.29. The standard InChI is InChI=1S/C14H16BrN5O2/c1-3-20-7-10(15)12(18-20)14(21)22-19-13(17)9-5-4-6-11(16)8(9)2/h4-7H,3,16H2,1-2H3,(H2,17,19). The van der Waals surface area contributed by atoms with Gasteiger partial charge in [-0.15, -0.1) is 0 Å². The highest BCUT2D eigenvalue weighted by Crippen LogP contribution is 2.17. The first-order valence-electron chi connectivity index (χ1n) is 6.57. The van der Waals surface area contributed by atoms with Gasteiger partial charge in [-0.1, -0.05) is 17.3 Å². The van der Waals surface area contributed by atoms with E-state index in [4.69, 9.17) is 16.3 Å². The molecule has 0 fully saturated rings. The van der Waals surface area contributed by atoms with Gasteiger partial charge in [-0.25, -0.2) is 4.79 Å². The Balaban J connectivity index is 2.18. The van der Waals surface area contributed by atoms with Crippen LogP contribution < -0.4 is 11.5 Å². The lowest BCUT2D eigenvalue weighted by atomic mass is 10.1. The van der Waals surface area contributed by atoms with Crippen LogP contribution in [-0.2, 0) is 11.4 Å². The highest BCUT2D eigenvalue weighted by atomic mass is 79.9. The Morgan fingerprint density at radius 1 is 1.50 bits per heavy atom. The number of nitrogens with two attached hydrogens (primary N) is 2. The summed E-state index contributed by atoms with van der Waals surface area (Å²) >= 11 is 3.25. The van der Waals surface area contributed by atoms with Gasteiger partial charge < -0.3 is 16.3 Å². The van der Waals surface area contributed by atoms with Crippen molar-refractivity contribution in [2.24, 2.45) is 10.9 Å². The molecule has 22 heavy (non-hydrogen) atoms. The third-order valence-corrected chi connectivity index (χ3v) is 3.69. The molecule has 0 aliphatic carbocycles. The summed E-state index contributed by atoms with van der Waals surface area (Å²) in [6, 6.07) is 5.26. The van der Waals surface area contributed by atoms with E-state index < -0.39 is 5.97 Å². The molecule has 1 heterocycles. The van der Waals surface area contributed by atoms with Crippen molar-refractivity contribution < 1.29 is 9.63 Å². The highest BCUT2D eigenvalue weighted by molar-refractivity contribution is 9.10. The minimum atomic E-state index is -0.691. The molecule has 8 heteroatoms. The number of nitrogens with zero attached hydrogens (tertiary/aromatic N) is 3. The second-order valence-electron chi connectivity index (χ2n) is 4.56. The molecule has 4 N–H and O–H groups in total. The van der Waals surface area contributed by atoms with Crippen molar-refractivity contribution in [2.75, 3.05) is 5.73 Å². The lowest BCUT2D eigenvalue weighted by Crippen LogP contribution is -2.17. The number of oxime groups is 1. The average molecular weight is 366 g/mol. The van der Waals surface area contributed by atoms with Crippen LogP contribution in [0.4, 0.5) is 5.69 Å². The van der Waals surface area contributed by atoms with E-state index in [0.29, 0.717) is 22.3 Å². The van der Waals surface area contributed by atoms with Gasteiger partial charge in [0.15, 0.2) is 11.5 Å². The van der Waals surface area contributed by atoms with Crippen molar-refractivity contribution in [3.8, 4) is 0 Å². The molecule has 0 amide bonds. The van der Waals surface area contributed by atoms with Crippen molar-refractivity contribution >= 4 is 33.4 Å². The quantitative estimate of drug-likeness (QED) is 0.283. The second-order valence-corrected chi connectivity index (χ2v) is 5.41. The lowest BCUT2D eigenvalue weighted by Gasteiger charge is -2.06. The van der Waals surface area contributed by atoms with Gasteiger partial charge in [-0.2, -0.15) is 5.10 Å². The maximum absolute atomic E-state index is 12.0. The Kier molecular flexibility index (Phi) is 4.81. The van der Waals surface area contributed by atoms with E-state index in [-0.39, 0.29) is 11.5 Å². The molecule has 7 nitrogen and oxygen atoms in total. The zero-order chi connectivity index (χ0) is 16.3. The van der Waals surface area contributed by atoms with Crippen molar-refractivity contribution in [1.82, 2.24) is 9.78 Å². The molecule has 1 aromatic heterocycles. The van der Waals surface area contributed by atoms with Gasteiger partial charge in [0, 0.05) is 24.0 Å². The number of carbonyl (C=O) groups is 1. The van der Waals surface area contributed by atoms with Crippen LogP contribution in [0.15, 0.2) is 34.0 Å². The van der Waals surface area contributed by atoms with Crippen molar-refractivity contribution in [3.05, 3.63) is 45.7 Å². The normalized spacial score (nSPS) is 11.5. The van der Waals surface area contributed by atoms with Gasteiger partial charge in [0.1, 0.15) is 0 Å². The number of aryl methyl sites for hydroxylation is 1. The van der Waals surface area contributed by atoms with Gasteiger partial charge in [0.2, 0.25) is 0 Å². The first kappa shape index (κ1) is 16.0. The number of rotatable bonds is 4. The number of carbonyl (C=O) groups excluding carboxylic acids is 1. The number of hydrogen-bond acceptors (Lipinski definition) is 5. The SMILES string of the molecule is CCn1cc(Br)c(C(=O)O/N=C(\N)c2cccc(N)c2C)n1. The molecule has 0 aliphatic rings. The zero-order valence-corrected chi connectivity index (χ0v) is 13.8. The molecule has 0 saturated heterocycles. The lowest BCUT2D eigenvalue weighted by molar-refractivity contribution is 0.0507. The van der Waals surface area contributed by atoms with E-state index >= 15 is 0 Å². The third kappa shape index (κ3) is 3.28. The van der Waals surface area contributed by atoms with Crippen LogP contribution in [0.1, 0.15) is 28.5 Å². The van der Waals surface area contributed by atoms with Gasteiger partial charge in [0.25, 0.3) is 0 Å². The molecule has 0 bridgehead atoms. The molecular formula is C14H16BrN5O2. The van der Waals surface area contributed by atoms with Crippen LogP contribution in [0, 0.1) is 6.92 Å². The van der Waals surface area contributed by atoms with Gasteiger partial charge >= 0.3 is 5.97 Å². The van der Waals surface area contributed by atoms with E-state index in [1.165, 1.54) is 0 Å². The Bertz CT molecular complexity index is 739. The van der Waals surface area contributed by atoms with E-state index in [1.54, 1.807) is 29.1 Å². The van der Waals surface area contributed by atoms with Crippen LogP contribution in [0.2, 0.25) is 0 Å². The fourth-order valence-electron chi connectivity index (χ4n) is 1.81. The smallest absolute Gasteiger partial charge is 0.387 e. The largest absolute Gasteiger partial charge is 0.398 e. The van der Waals surface area contributed by atoms with Crippen LogP contribution >= 0.6 is 15.9 Å². The third-order valence-electron chi connectivity index (χ3n) is 3.11. The first-order valence-corrected chi connectivity index (χ1v) is 7.36. The number of anilines is 1. The highest BCUT2D eigenvalue weighted by Gasteiger charge is 2.17. The molecule has 0 unspecified atom stereocenters. The molecule has 0 aliphatic heterocycles. The Morgan fingerprint density at radius 2 is 2.23 bits per heavy atom. The summed E-state index contributed by atoms with van der Waals surface area (Å²) in [5.41, 5.74) is 13.8. The Hall–Kier alpha value is -2.35. The van der Waals surface area contributed by atoms with Gasteiger partial charge in [0.05, 0.1) is 4.47 Å². The van der Waals surface area contributed by atoms with E-state index in [9.17, 15) is 4.79 Å². The minimum absolute atomic E-state index is 0.0733. The van der Waals surface area contributed by atoms with E-state index in [0.717, 1.165) is 5.56 Å². The summed E-state index contributed by atoms with van der Waals surface area (Å²) in [7, 11) is 0. The molecule has 0 atom stereocenters. The fraction of sp³-hybridized carbons (Fsp3) is 0.214. The van der Waals surface area contributed by atoms with Crippen LogP contribution in [0.25, 0.3) is 0 Å². The van der Waals surface area contributed by atoms with Gasteiger partial charge in [-0.3, -0.25) is 4.68 Å². The molecular weight excluding hydrogens is 350 g/mol. The molecule has 0 saturated carbocycles. The molecule has 1 aromatic carbocycles. The number of benzene rings is 1. The second kappa shape index (κ2) is 6.61. The number of halogens is 1. The van der Waals surface area contributed by atoms with Crippen molar-refractivity contribution in [2.45, 2.75) is 20.4 Å². The summed E-state index contributed by atoms with van der Waals surface area (Å²) in [4.78, 5) is 16.8. The summed E-state index contributed by atoms with van der Waals surface area (Å²) < 4.78 is 2.14. The summed E-state index contributed by atoms with van der Waals surface area (Å²) in [5.74, 6) is -0.618. The number of amidine groups is 1. The molecule has 0 radical (unpaired) electrons. The molecule has 0 spiro atoms. The van der Waals surface area contributed by atoms with Crippen molar-refractivity contribution in [1.29, 1.82) is 0 Å². The minimum Gasteiger partial charge on any atom is -0.398 e. The summed E-state index contributed by atoms with van der Waals surface area (Å²) in [5, 5.41) is 7.74. The molecule has 2 aromatic rings. The summed E-state index contributed by atoms with van der Waals surface area (Å²) in [6.07, 6.45) is 1.69. The first-order chi connectivity index (χ1) is 10.4. The number of hydrogen-bond donors (Lipinski definition) is 2. The van der Waals surface area contributed by atoms with E-state index in [2.05, 4.69) is 26.2 Å². The Labute approximate surface area is 136 Å². The topological polar surface area (TPSA) is 109 Å². The number of nitrogen functional groups attached to an aromatic ring is 1. The Morgan fingerprint density at radius 3 is 2.86 bits per heavy atom. The monoisotopic (exact) mass is 365 g/mol.